The molecule has 3 aromatic rings. The fraction of sp³-hybridized carbons (Fsp3) is 0.208. The summed E-state index contributed by atoms with van der Waals surface area (Å²) in [6.07, 6.45) is 0.246. The molecule has 1 amide bonds. The van der Waals surface area contributed by atoms with E-state index >= 15 is 0 Å². The third kappa shape index (κ3) is 4.17. The first-order valence-corrected chi connectivity index (χ1v) is 9.20. The van der Waals surface area contributed by atoms with Crippen molar-refractivity contribution in [2.24, 2.45) is 0 Å². The van der Waals surface area contributed by atoms with Crippen LogP contribution in [0.5, 0.6) is 11.5 Å². The van der Waals surface area contributed by atoms with Crippen LogP contribution in [0, 0.1) is 0 Å². The number of benzene rings is 3. The molecule has 3 aromatic carbocycles. The molecular weight excluding hydrogens is 350 g/mol. The molecule has 1 N–H and O–H groups in total. The lowest BCUT2D eigenvalue weighted by atomic mass is 9.84. The smallest absolute Gasteiger partial charge is 0.225 e. The Morgan fingerprint density at radius 1 is 0.821 bits per heavy atom. The Balaban J connectivity index is 1.87. The molecule has 28 heavy (non-hydrogen) atoms. The number of carbonyl (C=O) groups excluding carboxylic acids is 1. The van der Waals surface area contributed by atoms with Gasteiger partial charge in [-0.2, -0.15) is 0 Å². The van der Waals surface area contributed by atoms with Gasteiger partial charge in [-0.25, -0.2) is 0 Å². The van der Waals surface area contributed by atoms with Crippen LogP contribution in [0.15, 0.2) is 78.9 Å². The van der Waals surface area contributed by atoms with E-state index in [2.05, 4.69) is 5.32 Å². The van der Waals surface area contributed by atoms with E-state index in [9.17, 15) is 4.79 Å². The third-order valence-corrected chi connectivity index (χ3v) is 4.90. The minimum Gasteiger partial charge on any atom is -0.493 e. The second-order valence-electron chi connectivity index (χ2n) is 6.77. The monoisotopic (exact) mass is 375 g/mol. The predicted molar refractivity (Wildman–Crippen MR) is 111 cm³/mol. The second kappa shape index (κ2) is 8.61. The third-order valence-electron chi connectivity index (χ3n) is 4.90. The number of rotatable bonds is 7. The summed E-state index contributed by atoms with van der Waals surface area (Å²) in [5, 5.41) is 3.23. The van der Waals surface area contributed by atoms with Crippen LogP contribution in [-0.4, -0.2) is 20.1 Å². The number of methoxy groups -OCH3 is 2. The molecule has 0 spiro atoms. The zero-order valence-electron chi connectivity index (χ0n) is 16.4. The average molecular weight is 375 g/mol. The minimum absolute atomic E-state index is 0.0672. The van der Waals surface area contributed by atoms with Crippen LogP contribution in [0.2, 0.25) is 0 Å². The Kier molecular flexibility index (Phi) is 5.99. The Hall–Kier alpha value is -3.27. The van der Waals surface area contributed by atoms with Crippen LogP contribution < -0.4 is 14.8 Å². The predicted octanol–water partition coefficient (Wildman–Crippen LogP) is 4.33. The number of carbonyl (C=O) groups is 1. The second-order valence-corrected chi connectivity index (χ2v) is 6.77. The summed E-state index contributed by atoms with van der Waals surface area (Å²) in [7, 11) is 3.18. The molecular formula is C24H25NO3. The molecule has 0 aliphatic carbocycles. The van der Waals surface area contributed by atoms with E-state index < -0.39 is 5.54 Å². The summed E-state index contributed by atoms with van der Waals surface area (Å²) in [4.78, 5) is 12.9. The molecule has 0 aliphatic rings. The Morgan fingerprint density at radius 2 is 1.36 bits per heavy atom. The SMILES string of the molecule is COc1ccc(CC(=O)NC(C)(c2ccccc2)c2ccccc2)cc1OC. The lowest BCUT2D eigenvalue weighted by Gasteiger charge is -2.32. The van der Waals surface area contributed by atoms with Gasteiger partial charge in [0.25, 0.3) is 0 Å². The van der Waals surface area contributed by atoms with Crippen LogP contribution in [-0.2, 0) is 16.8 Å². The summed E-state index contributed by atoms with van der Waals surface area (Å²) in [5.41, 5.74) is 2.29. The van der Waals surface area contributed by atoms with Crippen LogP contribution in [0.1, 0.15) is 23.6 Å². The lowest BCUT2D eigenvalue weighted by Crippen LogP contribution is -2.45. The van der Waals surface area contributed by atoms with Gasteiger partial charge in [0.15, 0.2) is 11.5 Å². The molecule has 0 bridgehead atoms. The summed E-state index contributed by atoms with van der Waals surface area (Å²) in [6.45, 7) is 2.03. The molecule has 0 heterocycles. The van der Waals surface area contributed by atoms with Gasteiger partial charge in [0.05, 0.1) is 26.2 Å². The van der Waals surface area contributed by atoms with E-state index in [1.165, 1.54) is 0 Å². The van der Waals surface area contributed by atoms with E-state index in [0.717, 1.165) is 16.7 Å². The van der Waals surface area contributed by atoms with E-state index in [4.69, 9.17) is 9.47 Å². The van der Waals surface area contributed by atoms with Gasteiger partial charge in [0.1, 0.15) is 0 Å². The molecule has 0 aromatic heterocycles. The maximum atomic E-state index is 12.9. The zero-order chi connectivity index (χ0) is 20.0. The first kappa shape index (κ1) is 19.5. The molecule has 0 saturated heterocycles. The molecule has 144 valence electrons. The van der Waals surface area contributed by atoms with Crippen LogP contribution in [0.25, 0.3) is 0 Å². The van der Waals surface area contributed by atoms with Crippen LogP contribution in [0.4, 0.5) is 0 Å². The van der Waals surface area contributed by atoms with E-state index in [1.54, 1.807) is 14.2 Å². The van der Waals surface area contributed by atoms with E-state index in [-0.39, 0.29) is 12.3 Å². The van der Waals surface area contributed by atoms with Crippen molar-refractivity contribution in [1.82, 2.24) is 5.32 Å². The molecule has 4 heteroatoms. The Morgan fingerprint density at radius 3 is 1.86 bits per heavy atom. The molecule has 0 unspecified atom stereocenters. The standard InChI is InChI=1S/C24H25NO3/c1-24(19-10-6-4-7-11-19,20-12-8-5-9-13-20)25-23(26)17-18-14-15-21(27-2)22(16-18)28-3/h4-16H,17H2,1-3H3,(H,25,26). The van der Waals surface area contributed by atoms with Gasteiger partial charge in [-0.1, -0.05) is 66.7 Å². The normalized spacial score (nSPS) is 11.0. The summed E-state index contributed by atoms with van der Waals surface area (Å²) >= 11 is 0. The first-order valence-electron chi connectivity index (χ1n) is 9.20. The van der Waals surface area contributed by atoms with Gasteiger partial charge in [0, 0.05) is 0 Å². The lowest BCUT2D eigenvalue weighted by molar-refractivity contribution is -0.121. The zero-order valence-corrected chi connectivity index (χ0v) is 16.4. The van der Waals surface area contributed by atoms with Crippen molar-refractivity contribution < 1.29 is 14.3 Å². The number of hydrogen-bond acceptors (Lipinski definition) is 3. The number of ether oxygens (including phenoxy) is 2. The molecule has 4 nitrogen and oxygen atoms in total. The highest BCUT2D eigenvalue weighted by molar-refractivity contribution is 5.80. The quantitative estimate of drug-likeness (QED) is 0.669. The largest absolute Gasteiger partial charge is 0.493 e. The van der Waals surface area contributed by atoms with Crippen molar-refractivity contribution in [2.75, 3.05) is 14.2 Å². The number of amides is 1. The van der Waals surface area contributed by atoms with Gasteiger partial charge in [-0.15, -0.1) is 0 Å². The van der Waals surface area contributed by atoms with E-state index in [0.29, 0.717) is 11.5 Å². The number of hydrogen-bond donors (Lipinski definition) is 1. The van der Waals surface area contributed by atoms with Crippen molar-refractivity contribution in [1.29, 1.82) is 0 Å². The Labute approximate surface area is 166 Å². The highest BCUT2D eigenvalue weighted by Gasteiger charge is 2.30. The van der Waals surface area contributed by atoms with Crippen molar-refractivity contribution in [2.45, 2.75) is 18.9 Å². The summed E-state index contributed by atoms with van der Waals surface area (Å²) in [5.74, 6) is 1.19. The summed E-state index contributed by atoms with van der Waals surface area (Å²) < 4.78 is 10.6. The maximum absolute atomic E-state index is 12.9. The molecule has 0 aliphatic heterocycles. The van der Waals surface area contributed by atoms with Crippen LogP contribution >= 0.6 is 0 Å². The fourth-order valence-corrected chi connectivity index (χ4v) is 3.35. The fourth-order valence-electron chi connectivity index (χ4n) is 3.35. The van der Waals surface area contributed by atoms with Gasteiger partial charge in [-0.05, 0) is 35.7 Å². The molecule has 0 atom stereocenters. The van der Waals surface area contributed by atoms with E-state index in [1.807, 2.05) is 85.8 Å². The van der Waals surface area contributed by atoms with Gasteiger partial charge in [0.2, 0.25) is 5.91 Å². The first-order chi connectivity index (χ1) is 13.6. The van der Waals surface area contributed by atoms with Gasteiger partial charge >= 0.3 is 0 Å². The van der Waals surface area contributed by atoms with Crippen LogP contribution in [0.3, 0.4) is 0 Å². The molecule has 0 fully saturated rings. The molecule has 3 rings (SSSR count). The van der Waals surface area contributed by atoms with Gasteiger partial charge in [-0.3, -0.25) is 4.79 Å². The van der Waals surface area contributed by atoms with Crippen molar-refractivity contribution in [3.63, 3.8) is 0 Å². The maximum Gasteiger partial charge on any atom is 0.225 e. The molecule has 0 saturated carbocycles. The summed E-state index contributed by atoms with van der Waals surface area (Å²) in [6, 6.07) is 25.5. The van der Waals surface area contributed by atoms with Crippen molar-refractivity contribution in [3.05, 3.63) is 95.6 Å². The number of nitrogens with one attached hydrogen (secondary N) is 1. The van der Waals surface area contributed by atoms with Crippen molar-refractivity contribution >= 4 is 5.91 Å². The van der Waals surface area contributed by atoms with Gasteiger partial charge < -0.3 is 14.8 Å². The Bertz CT molecular complexity index is 884. The topological polar surface area (TPSA) is 47.6 Å². The van der Waals surface area contributed by atoms with Crippen molar-refractivity contribution in [3.8, 4) is 11.5 Å². The highest BCUT2D eigenvalue weighted by atomic mass is 16.5. The average Bonchev–Trinajstić information content (AvgIpc) is 2.74. The molecule has 0 radical (unpaired) electrons. The minimum atomic E-state index is -0.629. The highest BCUT2D eigenvalue weighted by Crippen LogP contribution is 2.30.